The molecule has 0 aliphatic heterocycles. The second kappa shape index (κ2) is 12.9. The average Bonchev–Trinajstić information content (AvgIpc) is 2.97. The SMILES string of the molecule is CC[C@@H](C)NC(=O)c1ccccc1NC(=O)CN(c1ccc(Oc2ccccc2)cc1)S(=O)(=O)c1ccccc1. The van der Waals surface area contributed by atoms with Gasteiger partial charge in [0.1, 0.15) is 18.0 Å². The minimum absolute atomic E-state index is 0.0424. The lowest BCUT2D eigenvalue weighted by Crippen LogP contribution is -2.38. The second-order valence-electron chi connectivity index (χ2n) is 9.11. The first-order valence-electron chi connectivity index (χ1n) is 12.9. The van der Waals surface area contributed by atoms with Crippen molar-refractivity contribution >= 4 is 33.2 Å². The van der Waals surface area contributed by atoms with Crippen LogP contribution in [0.15, 0.2) is 114 Å². The highest BCUT2D eigenvalue weighted by atomic mass is 32.2. The van der Waals surface area contributed by atoms with Gasteiger partial charge in [-0.1, -0.05) is 55.5 Å². The van der Waals surface area contributed by atoms with Crippen molar-refractivity contribution in [3.05, 3.63) is 115 Å². The lowest BCUT2D eigenvalue weighted by Gasteiger charge is -2.24. The summed E-state index contributed by atoms with van der Waals surface area (Å²) in [6, 6.07) is 30.1. The number of carbonyl (C=O) groups excluding carboxylic acids is 2. The average molecular weight is 558 g/mol. The molecule has 0 aliphatic carbocycles. The molecule has 0 spiro atoms. The summed E-state index contributed by atoms with van der Waals surface area (Å²) in [6.07, 6.45) is 0.752. The molecule has 0 aliphatic rings. The van der Waals surface area contributed by atoms with Crippen LogP contribution in [-0.4, -0.2) is 32.8 Å². The number of sulfonamides is 1. The van der Waals surface area contributed by atoms with Crippen molar-refractivity contribution in [1.82, 2.24) is 5.32 Å². The van der Waals surface area contributed by atoms with Crippen molar-refractivity contribution in [2.75, 3.05) is 16.2 Å². The van der Waals surface area contributed by atoms with E-state index in [-0.39, 0.29) is 33.8 Å². The largest absolute Gasteiger partial charge is 0.457 e. The molecule has 0 radical (unpaired) electrons. The van der Waals surface area contributed by atoms with Gasteiger partial charge in [0.2, 0.25) is 5.91 Å². The number of nitrogens with one attached hydrogen (secondary N) is 2. The van der Waals surface area contributed by atoms with Gasteiger partial charge in [0.15, 0.2) is 0 Å². The zero-order valence-corrected chi connectivity index (χ0v) is 23.1. The van der Waals surface area contributed by atoms with Crippen LogP contribution in [0, 0.1) is 0 Å². The molecule has 2 N–H and O–H groups in total. The predicted molar refractivity (Wildman–Crippen MR) is 156 cm³/mol. The first-order valence-corrected chi connectivity index (χ1v) is 14.3. The number of amides is 2. The molecule has 0 bridgehead atoms. The van der Waals surface area contributed by atoms with Crippen LogP contribution in [-0.2, 0) is 14.8 Å². The van der Waals surface area contributed by atoms with Crippen molar-refractivity contribution in [3.8, 4) is 11.5 Å². The van der Waals surface area contributed by atoms with Crippen LogP contribution in [0.3, 0.4) is 0 Å². The Balaban J connectivity index is 1.60. The van der Waals surface area contributed by atoms with Crippen molar-refractivity contribution in [3.63, 3.8) is 0 Å². The van der Waals surface area contributed by atoms with E-state index in [9.17, 15) is 18.0 Å². The summed E-state index contributed by atoms with van der Waals surface area (Å²) >= 11 is 0. The van der Waals surface area contributed by atoms with Crippen molar-refractivity contribution in [1.29, 1.82) is 0 Å². The van der Waals surface area contributed by atoms with Crippen LogP contribution in [0.4, 0.5) is 11.4 Å². The summed E-state index contributed by atoms with van der Waals surface area (Å²) in [4.78, 5) is 26.1. The molecule has 4 aromatic rings. The number of ether oxygens (including phenoxy) is 1. The number of carbonyl (C=O) groups is 2. The molecule has 8 nitrogen and oxygen atoms in total. The number of para-hydroxylation sites is 2. The first kappa shape index (κ1) is 28.4. The van der Waals surface area contributed by atoms with E-state index in [1.165, 1.54) is 12.1 Å². The van der Waals surface area contributed by atoms with Crippen LogP contribution in [0.25, 0.3) is 0 Å². The molecular weight excluding hydrogens is 526 g/mol. The molecule has 4 aromatic carbocycles. The number of rotatable bonds is 11. The fourth-order valence-corrected chi connectivity index (χ4v) is 5.30. The maximum Gasteiger partial charge on any atom is 0.264 e. The normalized spacial score (nSPS) is 11.8. The van der Waals surface area contributed by atoms with Crippen LogP contribution in [0.1, 0.15) is 30.6 Å². The number of anilines is 2. The molecule has 0 unspecified atom stereocenters. The number of hydrogen-bond donors (Lipinski definition) is 2. The van der Waals surface area contributed by atoms with Crippen LogP contribution in [0.2, 0.25) is 0 Å². The zero-order valence-electron chi connectivity index (χ0n) is 22.3. The summed E-state index contributed by atoms with van der Waals surface area (Å²) in [5.41, 5.74) is 0.857. The van der Waals surface area contributed by atoms with Crippen LogP contribution < -0.4 is 19.7 Å². The van der Waals surface area contributed by atoms with Gasteiger partial charge < -0.3 is 15.4 Å². The quantitative estimate of drug-likeness (QED) is 0.241. The molecule has 0 fully saturated rings. The van der Waals surface area contributed by atoms with Gasteiger partial charge in [0, 0.05) is 6.04 Å². The highest BCUT2D eigenvalue weighted by Gasteiger charge is 2.28. The summed E-state index contributed by atoms with van der Waals surface area (Å²) < 4.78 is 34.2. The third-order valence-corrected chi connectivity index (χ3v) is 7.95. The molecule has 0 saturated carbocycles. The third-order valence-electron chi connectivity index (χ3n) is 6.16. The Labute approximate surface area is 234 Å². The van der Waals surface area contributed by atoms with E-state index in [4.69, 9.17) is 4.74 Å². The minimum Gasteiger partial charge on any atom is -0.457 e. The molecule has 4 rings (SSSR count). The summed E-state index contributed by atoms with van der Waals surface area (Å²) in [6.45, 7) is 3.33. The van der Waals surface area contributed by atoms with Crippen molar-refractivity contribution < 1.29 is 22.7 Å². The Morgan fingerprint density at radius 2 is 1.38 bits per heavy atom. The molecule has 40 heavy (non-hydrogen) atoms. The molecular formula is C31H31N3O5S. The van der Waals surface area contributed by atoms with E-state index in [0.717, 1.165) is 10.7 Å². The van der Waals surface area contributed by atoms with Crippen LogP contribution >= 0.6 is 0 Å². The molecule has 1 atom stereocenters. The maximum atomic E-state index is 13.7. The highest BCUT2D eigenvalue weighted by Crippen LogP contribution is 2.28. The minimum atomic E-state index is -4.11. The number of hydrogen-bond acceptors (Lipinski definition) is 5. The van der Waals surface area contributed by atoms with E-state index in [2.05, 4.69) is 10.6 Å². The van der Waals surface area contributed by atoms with Crippen molar-refractivity contribution in [2.45, 2.75) is 31.2 Å². The smallest absolute Gasteiger partial charge is 0.264 e. The second-order valence-corrected chi connectivity index (χ2v) is 11.0. The lowest BCUT2D eigenvalue weighted by atomic mass is 10.1. The van der Waals surface area contributed by atoms with E-state index in [0.29, 0.717) is 11.5 Å². The predicted octanol–water partition coefficient (Wildman–Crippen LogP) is 5.84. The maximum absolute atomic E-state index is 13.7. The standard InChI is InChI=1S/C31H31N3O5S/c1-3-23(2)32-31(36)28-16-10-11-17-29(28)33-30(35)22-34(40(37,38)27-14-8-5-9-15-27)24-18-20-26(21-19-24)39-25-12-6-4-7-13-25/h4-21,23H,3,22H2,1-2H3,(H,32,36)(H,33,35)/t23-/m1/s1. The van der Waals surface area contributed by atoms with Gasteiger partial charge in [-0.05, 0) is 74.0 Å². The molecule has 0 aromatic heterocycles. The molecule has 2 amide bonds. The van der Waals surface area contributed by atoms with Gasteiger partial charge >= 0.3 is 0 Å². The summed E-state index contributed by atoms with van der Waals surface area (Å²) in [5, 5.41) is 5.61. The molecule has 0 saturated heterocycles. The van der Waals surface area contributed by atoms with Gasteiger partial charge in [-0.3, -0.25) is 13.9 Å². The zero-order chi connectivity index (χ0) is 28.5. The number of nitrogens with zero attached hydrogens (tertiary/aromatic N) is 1. The Morgan fingerprint density at radius 3 is 2.02 bits per heavy atom. The molecule has 9 heteroatoms. The van der Waals surface area contributed by atoms with Gasteiger partial charge in [-0.2, -0.15) is 0 Å². The third kappa shape index (κ3) is 7.06. The van der Waals surface area contributed by atoms with Gasteiger partial charge in [0.25, 0.3) is 15.9 Å². The van der Waals surface area contributed by atoms with Crippen LogP contribution in [0.5, 0.6) is 11.5 Å². The summed E-state index contributed by atoms with van der Waals surface area (Å²) in [7, 11) is -4.11. The molecule has 0 heterocycles. The first-order chi connectivity index (χ1) is 19.3. The van der Waals surface area contributed by atoms with Gasteiger partial charge in [-0.15, -0.1) is 0 Å². The van der Waals surface area contributed by atoms with E-state index >= 15 is 0 Å². The fraction of sp³-hybridized carbons (Fsp3) is 0.161. The van der Waals surface area contributed by atoms with Gasteiger partial charge in [-0.25, -0.2) is 8.42 Å². The fourth-order valence-electron chi connectivity index (χ4n) is 3.85. The lowest BCUT2D eigenvalue weighted by molar-refractivity contribution is -0.114. The Bertz CT molecular complexity index is 1540. The highest BCUT2D eigenvalue weighted by molar-refractivity contribution is 7.92. The molecule has 206 valence electrons. The topological polar surface area (TPSA) is 105 Å². The van der Waals surface area contributed by atoms with E-state index in [1.807, 2.05) is 44.2 Å². The van der Waals surface area contributed by atoms with Crippen molar-refractivity contribution in [2.24, 2.45) is 0 Å². The summed E-state index contributed by atoms with van der Waals surface area (Å²) in [5.74, 6) is 0.220. The van der Waals surface area contributed by atoms with E-state index in [1.54, 1.807) is 66.7 Å². The van der Waals surface area contributed by atoms with E-state index < -0.39 is 22.5 Å². The Hall–Kier alpha value is -4.63. The Morgan fingerprint density at radius 1 is 0.800 bits per heavy atom. The Kier molecular flexibility index (Phi) is 9.19. The number of benzene rings is 4. The monoisotopic (exact) mass is 557 g/mol. The van der Waals surface area contributed by atoms with Gasteiger partial charge in [0.05, 0.1) is 21.8 Å².